The fourth-order valence-electron chi connectivity index (χ4n) is 3.92. The van der Waals surface area contributed by atoms with Crippen molar-refractivity contribution in [3.63, 3.8) is 0 Å². The van der Waals surface area contributed by atoms with Gasteiger partial charge in [0.25, 0.3) is 5.56 Å². The summed E-state index contributed by atoms with van der Waals surface area (Å²) < 4.78 is 2.97. The Balaban J connectivity index is 2.39. The second kappa shape index (κ2) is 7.33. The summed E-state index contributed by atoms with van der Waals surface area (Å²) in [6, 6.07) is 7.12. The van der Waals surface area contributed by atoms with Crippen LogP contribution >= 0.6 is 15.9 Å². The number of anilines is 1. The summed E-state index contributed by atoms with van der Waals surface area (Å²) in [5, 5.41) is 10.8. The summed E-state index contributed by atoms with van der Waals surface area (Å²) in [6.07, 6.45) is 0.554. The van der Waals surface area contributed by atoms with E-state index in [1.54, 1.807) is 24.3 Å². The molecule has 1 aromatic carbocycles. The largest absolute Gasteiger partial charge is 0.512 e. The van der Waals surface area contributed by atoms with E-state index in [9.17, 15) is 19.5 Å². The van der Waals surface area contributed by atoms with Crippen LogP contribution in [0.25, 0.3) is 0 Å². The van der Waals surface area contributed by atoms with E-state index in [1.807, 2.05) is 13.8 Å². The molecule has 1 aliphatic rings. The molecule has 29 heavy (non-hydrogen) atoms. The first-order valence-electron chi connectivity index (χ1n) is 9.20. The van der Waals surface area contributed by atoms with Gasteiger partial charge in [0.1, 0.15) is 11.6 Å². The van der Waals surface area contributed by atoms with Crippen molar-refractivity contribution < 1.29 is 9.90 Å². The Morgan fingerprint density at radius 1 is 1.07 bits per heavy atom. The summed E-state index contributed by atoms with van der Waals surface area (Å²) in [4.78, 5) is 38.4. The van der Waals surface area contributed by atoms with Crippen molar-refractivity contribution in [3.8, 4) is 0 Å². The predicted octanol–water partition coefficient (Wildman–Crippen LogP) is 2.76. The standard InChI is InChI=1S/C21H24BrN3O4/c1-21(2)9-13(26)16(14(27)10-21)15(11-5-7-12(22)8-6-11)17-18(23)24(3)20(29)25(4)19(17)28/h5-8,15,26H,9-10,23H2,1-4H3. The number of nitrogen functional groups attached to an aromatic ring is 1. The van der Waals surface area contributed by atoms with E-state index >= 15 is 0 Å². The minimum absolute atomic E-state index is 0.0241. The number of halogens is 1. The first-order chi connectivity index (χ1) is 13.4. The third kappa shape index (κ3) is 3.69. The molecule has 0 spiro atoms. The second-order valence-corrected chi connectivity index (χ2v) is 9.21. The predicted molar refractivity (Wildman–Crippen MR) is 115 cm³/mol. The summed E-state index contributed by atoms with van der Waals surface area (Å²) in [5.41, 5.74) is 5.57. The number of allylic oxidation sites excluding steroid dienone is 2. The van der Waals surface area contributed by atoms with Crippen molar-refractivity contribution in [3.05, 3.63) is 72.0 Å². The van der Waals surface area contributed by atoms with E-state index in [0.29, 0.717) is 12.0 Å². The summed E-state index contributed by atoms with van der Waals surface area (Å²) in [6.45, 7) is 3.82. The molecule has 7 nitrogen and oxygen atoms in total. The van der Waals surface area contributed by atoms with Crippen LogP contribution in [0.4, 0.5) is 5.82 Å². The zero-order valence-electron chi connectivity index (χ0n) is 16.8. The Kier molecular flexibility index (Phi) is 5.34. The number of aliphatic hydroxyl groups is 1. The second-order valence-electron chi connectivity index (χ2n) is 8.29. The fraction of sp³-hybridized carbons (Fsp3) is 0.381. The van der Waals surface area contributed by atoms with Crippen LogP contribution in [-0.4, -0.2) is 20.0 Å². The van der Waals surface area contributed by atoms with Crippen LogP contribution in [0.3, 0.4) is 0 Å². The Labute approximate surface area is 176 Å². The van der Waals surface area contributed by atoms with E-state index in [-0.39, 0.29) is 40.3 Å². The van der Waals surface area contributed by atoms with Gasteiger partial charge in [-0.3, -0.25) is 18.7 Å². The normalized spacial score (nSPS) is 17.5. The molecule has 0 saturated carbocycles. The van der Waals surface area contributed by atoms with Crippen molar-refractivity contribution >= 4 is 27.5 Å². The minimum Gasteiger partial charge on any atom is -0.512 e. The van der Waals surface area contributed by atoms with E-state index in [0.717, 1.165) is 9.04 Å². The molecule has 1 unspecified atom stereocenters. The number of ketones is 1. The average molecular weight is 462 g/mol. The fourth-order valence-corrected chi connectivity index (χ4v) is 4.18. The number of carbonyl (C=O) groups is 1. The van der Waals surface area contributed by atoms with E-state index in [1.165, 1.54) is 18.7 Å². The number of Topliss-reactive ketones (excluding diaryl/α,β-unsaturated/α-hetero) is 1. The molecule has 154 valence electrons. The topological polar surface area (TPSA) is 107 Å². The van der Waals surface area contributed by atoms with E-state index in [2.05, 4.69) is 15.9 Å². The maximum atomic E-state index is 13.1. The molecule has 1 aliphatic carbocycles. The quantitative estimate of drug-likeness (QED) is 0.730. The lowest BCUT2D eigenvalue weighted by molar-refractivity contribution is -0.118. The molecular weight excluding hydrogens is 438 g/mol. The SMILES string of the molecule is Cn1c(N)c(C(C2=C(O)CC(C)(C)CC2=O)c2ccc(Br)cc2)c(=O)n(C)c1=O. The molecule has 3 N–H and O–H groups in total. The molecule has 1 heterocycles. The van der Waals surface area contributed by atoms with Crippen LogP contribution < -0.4 is 17.0 Å². The monoisotopic (exact) mass is 461 g/mol. The van der Waals surface area contributed by atoms with Crippen molar-refractivity contribution in [2.75, 3.05) is 5.73 Å². The summed E-state index contributed by atoms with van der Waals surface area (Å²) in [5.74, 6) is -1.18. The lowest BCUT2D eigenvalue weighted by Crippen LogP contribution is -2.42. The molecule has 0 amide bonds. The van der Waals surface area contributed by atoms with Crippen LogP contribution in [0, 0.1) is 5.41 Å². The number of nitrogens with zero attached hydrogens (tertiary/aromatic N) is 2. The molecule has 0 bridgehead atoms. The summed E-state index contributed by atoms with van der Waals surface area (Å²) >= 11 is 3.38. The maximum absolute atomic E-state index is 13.1. The van der Waals surface area contributed by atoms with Crippen molar-refractivity contribution in [2.45, 2.75) is 32.6 Å². The van der Waals surface area contributed by atoms with Crippen molar-refractivity contribution in [2.24, 2.45) is 19.5 Å². The van der Waals surface area contributed by atoms with Gasteiger partial charge in [0, 0.05) is 42.9 Å². The Bertz CT molecular complexity index is 1140. The molecule has 0 aliphatic heterocycles. The Morgan fingerprint density at radius 3 is 2.21 bits per heavy atom. The van der Waals surface area contributed by atoms with Crippen molar-refractivity contribution in [1.29, 1.82) is 0 Å². The number of rotatable bonds is 3. The zero-order chi connectivity index (χ0) is 21.7. The molecule has 2 aromatic rings. The van der Waals surface area contributed by atoms with Crippen molar-refractivity contribution in [1.82, 2.24) is 9.13 Å². The smallest absolute Gasteiger partial charge is 0.332 e. The highest BCUT2D eigenvalue weighted by Crippen LogP contribution is 2.43. The van der Waals surface area contributed by atoms with Crippen LogP contribution in [0.5, 0.6) is 0 Å². The van der Waals surface area contributed by atoms with E-state index in [4.69, 9.17) is 5.73 Å². The number of aromatic nitrogens is 2. The van der Waals surface area contributed by atoms with Crippen LogP contribution in [-0.2, 0) is 18.9 Å². The van der Waals surface area contributed by atoms with Gasteiger partial charge >= 0.3 is 5.69 Å². The lowest BCUT2D eigenvalue weighted by Gasteiger charge is -2.33. The third-order valence-electron chi connectivity index (χ3n) is 5.42. The number of carbonyl (C=O) groups excluding carboxylic acids is 1. The molecule has 0 radical (unpaired) electrons. The van der Waals surface area contributed by atoms with Gasteiger partial charge in [0.2, 0.25) is 0 Å². The van der Waals surface area contributed by atoms with Gasteiger partial charge in [0.15, 0.2) is 5.78 Å². The van der Waals surface area contributed by atoms with Crippen LogP contribution in [0.2, 0.25) is 0 Å². The molecule has 1 aromatic heterocycles. The average Bonchev–Trinajstić information content (AvgIpc) is 2.63. The Morgan fingerprint density at radius 2 is 1.66 bits per heavy atom. The number of nitrogens with two attached hydrogens (primary N) is 1. The first kappa shape index (κ1) is 21.1. The number of hydrogen-bond acceptors (Lipinski definition) is 5. The van der Waals surface area contributed by atoms with Gasteiger partial charge < -0.3 is 10.8 Å². The highest BCUT2D eigenvalue weighted by molar-refractivity contribution is 9.10. The molecule has 0 saturated heterocycles. The first-order valence-corrected chi connectivity index (χ1v) is 10.00. The zero-order valence-corrected chi connectivity index (χ0v) is 18.4. The van der Waals surface area contributed by atoms with Gasteiger partial charge in [-0.2, -0.15) is 0 Å². The van der Waals surface area contributed by atoms with Crippen LogP contribution in [0.15, 0.2) is 49.7 Å². The third-order valence-corrected chi connectivity index (χ3v) is 5.95. The summed E-state index contributed by atoms with van der Waals surface area (Å²) in [7, 11) is 2.84. The maximum Gasteiger partial charge on any atom is 0.332 e. The molecule has 3 rings (SSSR count). The lowest BCUT2D eigenvalue weighted by atomic mass is 9.71. The van der Waals surface area contributed by atoms with Gasteiger partial charge in [-0.05, 0) is 23.1 Å². The van der Waals surface area contributed by atoms with E-state index < -0.39 is 17.2 Å². The molecular formula is C21H24BrN3O4. The molecule has 8 heteroatoms. The molecule has 0 fully saturated rings. The van der Waals surface area contributed by atoms with Gasteiger partial charge in [-0.25, -0.2) is 4.79 Å². The minimum atomic E-state index is -0.878. The number of benzene rings is 1. The van der Waals surface area contributed by atoms with Gasteiger partial charge in [-0.1, -0.05) is 41.9 Å². The van der Waals surface area contributed by atoms with Gasteiger partial charge in [0.05, 0.1) is 5.56 Å². The Hall–Kier alpha value is -2.61. The number of hydrogen-bond donors (Lipinski definition) is 2. The highest BCUT2D eigenvalue weighted by Gasteiger charge is 2.39. The van der Waals surface area contributed by atoms with Gasteiger partial charge in [-0.15, -0.1) is 0 Å². The number of aliphatic hydroxyl groups excluding tert-OH is 1. The molecule has 1 atom stereocenters. The highest BCUT2D eigenvalue weighted by atomic mass is 79.9. The van der Waals surface area contributed by atoms with Crippen LogP contribution in [0.1, 0.15) is 43.7 Å².